The maximum absolute atomic E-state index is 13.0. The van der Waals surface area contributed by atoms with Crippen LogP contribution in [-0.2, 0) is 11.2 Å². The lowest BCUT2D eigenvalue weighted by Gasteiger charge is -2.34. The zero-order valence-electron chi connectivity index (χ0n) is 19.4. The number of aryl methyl sites for hydroxylation is 1. The lowest BCUT2D eigenvalue weighted by Crippen LogP contribution is -2.51. The third-order valence-corrected chi connectivity index (χ3v) is 7.66. The number of para-hydroxylation sites is 1. The van der Waals surface area contributed by atoms with Gasteiger partial charge in [-0.3, -0.25) is 14.5 Å². The molecule has 1 aliphatic heterocycles. The predicted molar refractivity (Wildman–Crippen MR) is 139 cm³/mol. The van der Waals surface area contributed by atoms with Crippen LogP contribution in [-0.4, -0.2) is 59.3 Å². The lowest BCUT2D eigenvalue weighted by molar-refractivity contribution is -0.123. The summed E-state index contributed by atoms with van der Waals surface area (Å²) in [5.74, 6) is -0.0438. The molecule has 0 spiro atoms. The molecule has 1 atom stereocenters. The molecule has 2 heterocycles. The van der Waals surface area contributed by atoms with Crippen LogP contribution in [0.25, 0.3) is 0 Å². The number of hydrogen-bond acceptors (Lipinski definition) is 6. The van der Waals surface area contributed by atoms with Gasteiger partial charge in [-0.1, -0.05) is 48.0 Å². The van der Waals surface area contributed by atoms with Gasteiger partial charge in [0.15, 0.2) is 5.13 Å². The molecule has 35 heavy (non-hydrogen) atoms. The van der Waals surface area contributed by atoms with Gasteiger partial charge in [0.1, 0.15) is 5.69 Å². The zero-order chi connectivity index (χ0) is 24.2. The number of halogens is 1. The number of thiazole rings is 1. The fraction of sp³-hybridized carbons (Fsp3) is 0.346. The second-order valence-electron chi connectivity index (χ2n) is 8.92. The van der Waals surface area contributed by atoms with Crippen LogP contribution in [0.15, 0.2) is 53.9 Å². The van der Waals surface area contributed by atoms with E-state index >= 15 is 0 Å². The summed E-state index contributed by atoms with van der Waals surface area (Å²) in [6.45, 7) is 2.82. The number of carbonyl (C=O) groups is 2. The topological polar surface area (TPSA) is 77.6 Å². The van der Waals surface area contributed by atoms with Crippen molar-refractivity contribution in [1.29, 1.82) is 0 Å². The highest BCUT2D eigenvalue weighted by molar-refractivity contribution is 7.14. The van der Waals surface area contributed by atoms with Crippen molar-refractivity contribution < 1.29 is 9.59 Å². The quantitative estimate of drug-likeness (QED) is 0.512. The maximum atomic E-state index is 13.0. The number of hydrogen-bond donors (Lipinski definition) is 2. The Morgan fingerprint density at radius 2 is 1.83 bits per heavy atom. The minimum atomic E-state index is -0.0867. The van der Waals surface area contributed by atoms with Gasteiger partial charge in [0.25, 0.3) is 5.91 Å². The van der Waals surface area contributed by atoms with E-state index < -0.39 is 0 Å². The minimum Gasteiger partial charge on any atom is -0.348 e. The number of nitrogens with zero attached hydrogens (tertiary/aromatic N) is 3. The van der Waals surface area contributed by atoms with Gasteiger partial charge in [-0.05, 0) is 42.5 Å². The lowest BCUT2D eigenvalue weighted by atomic mass is 9.88. The first-order chi connectivity index (χ1) is 17.1. The molecule has 2 aromatic carbocycles. The van der Waals surface area contributed by atoms with Gasteiger partial charge in [-0.2, -0.15) is 0 Å². The van der Waals surface area contributed by atoms with E-state index in [-0.39, 0.29) is 17.9 Å². The molecule has 9 heteroatoms. The average Bonchev–Trinajstić information content (AvgIpc) is 3.34. The monoisotopic (exact) mass is 509 g/mol. The Balaban J connectivity index is 1.11. The third-order valence-electron chi connectivity index (χ3n) is 6.57. The van der Waals surface area contributed by atoms with Crippen molar-refractivity contribution >= 4 is 45.6 Å². The van der Waals surface area contributed by atoms with Gasteiger partial charge in [-0.25, -0.2) is 4.98 Å². The van der Waals surface area contributed by atoms with Crippen molar-refractivity contribution in [1.82, 2.24) is 20.1 Å². The van der Waals surface area contributed by atoms with Crippen LogP contribution in [0.5, 0.6) is 0 Å². The van der Waals surface area contributed by atoms with Crippen LogP contribution >= 0.6 is 22.9 Å². The molecule has 182 valence electrons. The van der Waals surface area contributed by atoms with E-state index in [4.69, 9.17) is 11.6 Å². The Morgan fingerprint density at radius 3 is 2.66 bits per heavy atom. The van der Waals surface area contributed by atoms with Crippen molar-refractivity contribution in [3.8, 4) is 0 Å². The molecule has 1 aliphatic carbocycles. The fourth-order valence-electron chi connectivity index (χ4n) is 4.73. The van der Waals surface area contributed by atoms with Crippen LogP contribution in [0, 0.1) is 0 Å². The number of benzene rings is 2. The highest BCUT2D eigenvalue weighted by Gasteiger charge is 2.26. The van der Waals surface area contributed by atoms with E-state index in [2.05, 4.69) is 38.7 Å². The first kappa shape index (κ1) is 23.8. The van der Waals surface area contributed by atoms with Gasteiger partial charge < -0.3 is 15.5 Å². The summed E-state index contributed by atoms with van der Waals surface area (Å²) in [6, 6.07) is 15.9. The first-order valence-electron chi connectivity index (χ1n) is 11.9. The summed E-state index contributed by atoms with van der Waals surface area (Å²) in [4.78, 5) is 34.1. The number of nitrogens with one attached hydrogen (secondary N) is 2. The van der Waals surface area contributed by atoms with Crippen LogP contribution in [0.1, 0.15) is 40.5 Å². The molecule has 5 rings (SSSR count). The van der Waals surface area contributed by atoms with Crippen LogP contribution in [0.2, 0.25) is 5.02 Å². The summed E-state index contributed by atoms with van der Waals surface area (Å²) in [6.07, 6.45) is 3.15. The van der Waals surface area contributed by atoms with Gasteiger partial charge in [0, 0.05) is 31.6 Å². The number of piperazine rings is 1. The van der Waals surface area contributed by atoms with E-state index in [1.165, 1.54) is 22.5 Å². The van der Waals surface area contributed by atoms with Crippen LogP contribution < -0.4 is 10.6 Å². The molecule has 2 aliphatic rings. The molecule has 0 bridgehead atoms. The molecular formula is C26H28ClN5O2S. The number of aromatic nitrogens is 1. The number of anilines is 2. The second-order valence-corrected chi connectivity index (χ2v) is 10.2. The van der Waals surface area contributed by atoms with Crippen molar-refractivity contribution in [2.75, 3.05) is 38.0 Å². The molecular weight excluding hydrogens is 482 g/mol. The van der Waals surface area contributed by atoms with Crippen LogP contribution in [0.4, 0.5) is 10.8 Å². The Hall–Kier alpha value is -2.94. The summed E-state index contributed by atoms with van der Waals surface area (Å²) in [5, 5.41) is 9.39. The van der Waals surface area contributed by atoms with Gasteiger partial charge in [0.2, 0.25) is 5.91 Å². The summed E-state index contributed by atoms with van der Waals surface area (Å²) in [5.41, 5.74) is 3.76. The molecule has 2 amide bonds. The number of amides is 2. The first-order valence-corrected chi connectivity index (χ1v) is 13.2. The van der Waals surface area contributed by atoms with Crippen molar-refractivity contribution in [2.24, 2.45) is 0 Å². The third kappa shape index (κ3) is 5.66. The summed E-state index contributed by atoms with van der Waals surface area (Å²) < 4.78 is 0. The van der Waals surface area contributed by atoms with Crippen molar-refractivity contribution in [3.05, 3.63) is 75.8 Å². The predicted octanol–water partition coefficient (Wildman–Crippen LogP) is 4.49. The van der Waals surface area contributed by atoms with Crippen LogP contribution in [0.3, 0.4) is 0 Å². The average molecular weight is 510 g/mol. The largest absolute Gasteiger partial charge is 0.348 e. The molecule has 2 N–H and O–H groups in total. The fourth-order valence-corrected chi connectivity index (χ4v) is 5.60. The smallest absolute Gasteiger partial charge is 0.273 e. The standard InChI is InChI=1S/C26H28ClN5O2S/c27-20-9-3-4-10-22(20)29-26-30-23(17-35-26)25(34)32-14-12-31(13-15-32)16-24(33)28-21-11-5-7-18-6-1-2-8-19(18)21/h1-4,6,8-10,17,21H,5,7,11-16H2,(H,28,33)(H,29,30). The Kier molecular flexibility index (Phi) is 7.32. The molecule has 1 aromatic heterocycles. The minimum absolute atomic E-state index is 0.0428. The van der Waals surface area contributed by atoms with Crippen molar-refractivity contribution in [3.63, 3.8) is 0 Å². The Labute approximate surface area is 214 Å². The second kappa shape index (κ2) is 10.8. The van der Waals surface area contributed by atoms with E-state index in [0.717, 1.165) is 24.9 Å². The normalized spacial score (nSPS) is 18.1. The molecule has 1 fully saturated rings. The van der Waals surface area contributed by atoms with E-state index in [1.807, 2.05) is 24.3 Å². The summed E-state index contributed by atoms with van der Waals surface area (Å²) >= 11 is 7.57. The molecule has 7 nitrogen and oxygen atoms in total. The molecule has 3 aromatic rings. The van der Waals surface area contributed by atoms with Gasteiger partial charge >= 0.3 is 0 Å². The number of carbonyl (C=O) groups excluding carboxylic acids is 2. The Morgan fingerprint density at radius 1 is 1.06 bits per heavy atom. The van der Waals surface area contributed by atoms with Gasteiger partial charge in [0.05, 0.1) is 23.3 Å². The van der Waals surface area contributed by atoms with E-state index in [9.17, 15) is 9.59 Å². The zero-order valence-corrected chi connectivity index (χ0v) is 20.9. The SMILES string of the molecule is O=C(CN1CCN(C(=O)c2csc(Nc3ccccc3Cl)n2)CC1)NC1CCCc2ccccc21. The maximum Gasteiger partial charge on any atom is 0.273 e. The van der Waals surface area contributed by atoms with E-state index in [0.29, 0.717) is 48.6 Å². The van der Waals surface area contributed by atoms with Crippen molar-refractivity contribution in [2.45, 2.75) is 25.3 Å². The summed E-state index contributed by atoms with van der Waals surface area (Å²) in [7, 11) is 0. The van der Waals surface area contributed by atoms with E-state index in [1.54, 1.807) is 16.3 Å². The molecule has 1 unspecified atom stereocenters. The number of rotatable bonds is 6. The highest BCUT2D eigenvalue weighted by atomic mass is 35.5. The molecule has 0 radical (unpaired) electrons. The highest BCUT2D eigenvalue weighted by Crippen LogP contribution is 2.29. The molecule has 1 saturated heterocycles. The molecule has 0 saturated carbocycles. The van der Waals surface area contributed by atoms with Gasteiger partial charge in [-0.15, -0.1) is 11.3 Å². The number of fused-ring (bicyclic) bond motifs is 1. The Bertz CT molecular complexity index is 1210.